The molecule has 20 aliphatic rings. The van der Waals surface area contributed by atoms with E-state index in [1.807, 2.05) is 0 Å². The summed E-state index contributed by atoms with van der Waals surface area (Å²) in [6.45, 7) is 38.3. The lowest BCUT2D eigenvalue weighted by Crippen LogP contribution is -2.49. The van der Waals surface area contributed by atoms with Crippen molar-refractivity contribution in [1.82, 2.24) is 19.6 Å². The largest absolute Gasteiger partial charge is 0.501 e. The number of ether oxygens (including phenoxy) is 25. The van der Waals surface area contributed by atoms with Crippen molar-refractivity contribution in [3.63, 3.8) is 0 Å². The Hall–Kier alpha value is -8.27. The van der Waals surface area contributed by atoms with Crippen LogP contribution < -0.4 is 0 Å². The molecule has 0 N–H and O–H groups in total. The van der Waals surface area contributed by atoms with Crippen molar-refractivity contribution < 1.29 is 152 Å². The Morgan fingerprint density at radius 1 is 0.358 bits per heavy atom. The van der Waals surface area contributed by atoms with Gasteiger partial charge in [-0.3, -0.25) is 43.6 Å². The summed E-state index contributed by atoms with van der Waals surface area (Å²) in [7, 11) is 0. The van der Waals surface area contributed by atoms with Gasteiger partial charge in [0.25, 0.3) is 0 Å². The van der Waals surface area contributed by atoms with Crippen LogP contribution in [0.15, 0.2) is 103 Å². The first-order valence-corrected chi connectivity index (χ1v) is 48.8. The predicted octanol–water partition coefficient (Wildman–Crippen LogP) is 9.89. The molecule has 0 aromatic rings. The highest BCUT2D eigenvalue weighted by molar-refractivity contribution is 5.89. The fraction of sp³-hybridized carbons (Fsp3) is 0.765. The summed E-state index contributed by atoms with van der Waals surface area (Å²) in [4.78, 5) is 100. The van der Waals surface area contributed by atoms with E-state index in [2.05, 4.69) is 52.6 Å². The Labute approximate surface area is 786 Å². The Kier molecular flexibility index (Phi) is 36.5. The molecule has 36 nitrogen and oxygen atoms in total. The number of carbonyl (C=O) groups excluding carboxylic acids is 7. The Morgan fingerprint density at radius 3 is 1.08 bits per heavy atom. The number of esters is 5. The van der Waals surface area contributed by atoms with Crippen LogP contribution in [0.5, 0.6) is 0 Å². The maximum Gasteiger partial charge on any atom is 0.323 e. The van der Waals surface area contributed by atoms with Gasteiger partial charge in [-0.15, -0.1) is 0 Å². The van der Waals surface area contributed by atoms with E-state index in [0.29, 0.717) is 185 Å². The summed E-state index contributed by atoms with van der Waals surface area (Å²) in [6.07, 6.45) is 33.2. The lowest BCUT2D eigenvalue weighted by molar-refractivity contribution is -0.169. The van der Waals surface area contributed by atoms with E-state index in [1.54, 1.807) is 19.6 Å². The molecule has 26 unspecified atom stereocenters. The fourth-order valence-corrected chi connectivity index (χ4v) is 20.6. The number of unbranched alkanes of at least 4 members (excludes halogenated alkanes) is 2. The van der Waals surface area contributed by atoms with Gasteiger partial charge in [0.1, 0.15) is 56.1 Å². The van der Waals surface area contributed by atoms with Gasteiger partial charge in [0.05, 0.1) is 297 Å². The van der Waals surface area contributed by atoms with Crippen LogP contribution in [0.4, 0.5) is 9.59 Å². The Morgan fingerprint density at radius 2 is 0.731 bits per heavy atom. The average molecular weight is 1890 g/mol. The lowest BCUT2D eigenvalue weighted by Gasteiger charge is -2.39. The summed E-state index contributed by atoms with van der Waals surface area (Å²) < 4.78 is 136. The van der Waals surface area contributed by atoms with Gasteiger partial charge >= 0.3 is 41.9 Å². The predicted molar refractivity (Wildman–Crippen MR) is 474 cm³/mol. The van der Waals surface area contributed by atoms with Crippen LogP contribution in [-0.2, 0) is 142 Å². The number of amides is 4. The van der Waals surface area contributed by atoms with Gasteiger partial charge in [-0.1, -0.05) is 52.6 Å². The third-order valence-electron chi connectivity index (χ3n) is 28.7. The molecule has 15 heterocycles. The van der Waals surface area contributed by atoms with E-state index in [1.165, 1.54) is 50.1 Å². The Bertz CT molecular complexity index is 3750. The van der Waals surface area contributed by atoms with Gasteiger partial charge in [-0.25, -0.2) is 9.59 Å². The molecule has 4 amide bonds. The summed E-state index contributed by atoms with van der Waals surface area (Å²) in [6, 6.07) is -0.0798. The molecule has 0 spiro atoms. The van der Waals surface area contributed by atoms with Crippen LogP contribution >= 0.6 is 0 Å². The molecule has 746 valence electrons. The summed E-state index contributed by atoms with van der Waals surface area (Å²) >= 11 is 0. The van der Waals surface area contributed by atoms with Crippen molar-refractivity contribution in [3.8, 4) is 0 Å². The van der Waals surface area contributed by atoms with Crippen molar-refractivity contribution in [2.24, 2.45) is 46.8 Å². The van der Waals surface area contributed by atoms with Gasteiger partial charge in [0, 0.05) is 18.8 Å². The summed E-state index contributed by atoms with van der Waals surface area (Å²) in [5.74, 6) is -4.33. The molecule has 0 aromatic heterocycles. The molecule has 134 heavy (non-hydrogen) atoms. The zero-order valence-electron chi connectivity index (χ0n) is 77.6. The number of nitrogens with zero attached hydrogens (tertiary/aromatic N) is 4. The molecular weight excluding hydrogens is 1750 g/mol. The van der Waals surface area contributed by atoms with Crippen molar-refractivity contribution in [2.45, 2.75) is 295 Å². The molecule has 20 rings (SSSR count). The van der Waals surface area contributed by atoms with Crippen molar-refractivity contribution >= 4 is 41.9 Å². The summed E-state index contributed by atoms with van der Waals surface area (Å²) in [5.41, 5.74) is 0.0162. The minimum absolute atomic E-state index is 0.0162. The number of urea groups is 2. The number of hydrogen-bond acceptors (Lipinski definition) is 32. The number of rotatable bonds is 48. The van der Waals surface area contributed by atoms with Crippen LogP contribution in [0.2, 0.25) is 0 Å². The van der Waals surface area contributed by atoms with Crippen LogP contribution in [0.25, 0.3) is 0 Å². The highest BCUT2D eigenvalue weighted by Gasteiger charge is 2.63. The first-order valence-electron chi connectivity index (χ1n) is 48.8. The maximum atomic E-state index is 13.9. The van der Waals surface area contributed by atoms with E-state index in [-0.39, 0.29) is 166 Å². The monoisotopic (exact) mass is 1890 g/mol. The highest BCUT2D eigenvalue weighted by atomic mass is 16.7. The molecule has 0 radical (unpaired) electrons. The minimum atomic E-state index is -1.30. The van der Waals surface area contributed by atoms with Crippen LogP contribution in [0, 0.1) is 46.8 Å². The zero-order chi connectivity index (χ0) is 93.6. The SMILES string of the molecule is C=COC1CCC(OC=C)CC1.C=COC1COC2C(OC=C)COC12.C=COCC1(COC=C)COC1.C=COCC1CC2OC1CC2OC=C.O=C(CCCCCOC(=O)CC(C(=O)OCC1CCC2OC2C1)C(CC(=O)OCC1CCC2OC2C1)C(=O)OCC1CCC2OC2C1)OCC1CCC2OC2C1.O=C1N(CC2CO2)C2C(N1CC1CO1)N(CC1CO1)C(=O)N2CC1CO1. The lowest BCUT2D eigenvalue weighted by atomic mass is 9.86. The van der Waals surface area contributed by atoms with E-state index < -0.39 is 48.6 Å². The molecule has 5 aliphatic carbocycles. The van der Waals surface area contributed by atoms with Gasteiger partial charge in [-0.05, 0) is 152 Å². The molecule has 15 saturated heterocycles. The maximum absolute atomic E-state index is 13.9. The van der Waals surface area contributed by atoms with Crippen molar-refractivity contribution in [3.05, 3.63) is 103 Å². The molecule has 20 fully saturated rings. The smallest absolute Gasteiger partial charge is 0.323 e. The number of fused-ring (bicyclic) bond motifs is 8. The number of hydrogen-bond donors (Lipinski definition) is 0. The third-order valence-corrected chi connectivity index (χ3v) is 28.7. The topological polar surface area (TPSA) is 390 Å². The van der Waals surface area contributed by atoms with E-state index in [9.17, 15) is 33.6 Å². The number of carbonyl (C=O) groups is 7. The van der Waals surface area contributed by atoms with Gasteiger partial charge in [0.2, 0.25) is 0 Å². The van der Waals surface area contributed by atoms with Crippen LogP contribution in [-0.4, -0.2) is 334 Å². The summed E-state index contributed by atoms with van der Waals surface area (Å²) in [5, 5.41) is 0. The first-order chi connectivity index (χ1) is 65.3. The van der Waals surface area contributed by atoms with Crippen LogP contribution in [0.3, 0.4) is 0 Å². The van der Waals surface area contributed by atoms with E-state index >= 15 is 0 Å². The Balaban J connectivity index is 0.000000143. The standard InChI is InChI=1S/C42H60O14.C16H22N4O6.C11H16O3.C10H14O4.C10H16O2.C9H14O3/c43-38(49-20-24-5-9-30-34(14-24)53-30)4-2-1-3-13-48-39(44)18-28(41(46)51-22-26-7-11-32-36(16-26)55-32)29(42(47)52-23-27-8-12-33-37(17-27)56-33)19-40(45)50-21-25-6-10-31-35(15-25)54-31;21-15-17(1-9-5-23-9)13-14(19(15)3-11-7-25-11)20(4-12-8-26-12)16(22)18(13)2-10-6-24-10;1-3-12-7-8-5-11-10(13-4-2)6-9(8)14-11;1-3-11-7-5-13-10-8(12-4-2)6-14-9(7)10;1-3-11-9-5-7-10(8-6-9)12-4-2;1-3-10-5-9(6-11-4-2)7-12-8-9/h24-37H,1-23H2;9-14H,1-8H2;3-4,8-11H,1-2,5-7H2;3-4,7-10H,1-2,5-6H2;3-4,9-10H,1-2,5-8H2;3-4H,1-2,5-8H2. The van der Waals surface area contributed by atoms with Crippen molar-refractivity contribution in [1.29, 1.82) is 0 Å². The van der Waals surface area contributed by atoms with Crippen LogP contribution in [0.1, 0.15) is 154 Å². The van der Waals surface area contributed by atoms with Gasteiger partial charge in [0.15, 0.2) is 0 Å². The second kappa shape index (κ2) is 48.8. The molecule has 26 atom stereocenters. The molecule has 0 aromatic carbocycles. The van der Waals surface area contributed by atoms with E-state index in [4.69, 9.17) is 118 Å². The molecular formula is C98H142N4O32. The quantitative estimate of drug-likeness (QED) is 0.0180. The van der Waals surface area contributed by atoms with Crippen molar-refractivity contribution in [2.75, 3.05) is 132 Å². The number of epoxide rings is 8. The highest BCUT2D eigenvalue weighted by Crippen LogP contribution is 2.46. The molecule has 36 heteroatoms. The third kappa shape index (κ3) is 28.9. The second-order valence-electron chi connectivity index (χ2n) is 38.7. The second-order valence-corrected chi connectivity index (χ2v) is 38.7. The normalized spacial score (nSPS) is 36.3. The first kappa shape index (κ1) is 100. The molecule has 2 bridgehead atoms. The average Bonchev–Trinajstić information content (AvgIpc) is 1.55. The molecule has 5 saturated carbocycles. The fourth-order valence-electron chi connectivity index (χ4n) is 20.6. The van der Waals surface area contributed by atoms with Gasteiger partial charge in [-0.2, -0.15) is 0 Å². The zero-order valence-corrected chi connectivity index (χ0v) is 77.6. The molecule has 15 aliphatic heterocycles. The van der Waals surface area contributed by atoms with Gasteiger partial charge < -0.3 is 118 Å². The van der Waals surface area contributed by atoms with E-state index in [0.717, 1.165) is 116 Å². The minimum Gasteiger partial charge on any atom is -0.501 e.